The zero-order chi connectivity index (χ0) is 18.0. The SMILES string of the molecule is COc1ccnc(CN2CC[C@@]3(CCCN(CC4CCC4)C3)C2)c1OC. The predicted molar refractivity (Wildman–Crippen MR) is 103 cm³/mol. The number of hydrogen-bond donors (Lipinski definition) is 0. The number of rotatable bonds is 6. The lowest BCUT2D eigenvalue weighted by molar-refractivity contribution is 0.0667. The van der Waals surface area contributed by atoms with E-state index in [1.807, 2.05) is 12.3 Å². The van der Waals surface area contributed by atoms with E-state index in [-0.39, 0.29) is 0 Å². The van der Waals surface area contributed by atoms with E-state index in [0.29, 0.717) is 5.41 Å². The number of nitrogens with zero attached hydrogens (tertiary/aromatic N) is 3. The molecule has 5 nitrogen and oxygen atoms in total. The summed E-state index contributed by atoms with van der Waals surface area (Å²) in [7, 11) is 3.39. The van der Waals surface area contributed by atoms with Gasteiger partial charge in [0.2, 0.25) is 0 Å². The first-order valence-electron chi connectivity index (χ1n) is 10.2. The lowest BCUT2D eigenvalue weighted by Gasteiger charge is -2.43. The molecule has 1 aromatic rings. The van der Waals surface area contributed by atoms with Gasteiger partial charge in [-0.1, -0.05) is 6.42 Å². The molecular weight excluding hydrogens is 326 g/mol. The molecule has 0 radical (unpaired) electrons. The molecule has 1 saturated carbocycles. The van der Waals surface area contributed by atoms with Gasteiger partial charge in [-0.25, -0.2) is 0 Å². The van der Waals surface area contributed by atoms with E-state index >= 15 is 0 Å². The monoisotopic (exact) mass is 359 g/mol. The van der Waals surface area contributed by atoms with E-state index < -0.39 is 0 Å². The molecule has 1 aliphatic carbocycles. The molecule has 3 aliphatic rings. The van der Waals surface area contributed by atoms with Crippen LogP contribution in [0, 0.1) is 11.3 Å². The number of hydrogen-bond acceptors (Lipinski definition) is 5. The highest BCUT2D eigenvalue weighted by atomic mass is 16.5. The van der Waals surface area contributed by atoms with Crippen molar-refractivity contribution in [3.8, 4) is 11.5 Å². The van der Waals surface area contributed by atoms with E-state index in [4.69, 9.17) is 9.47 Å². The van der Waals surface area contributed by atoms with Crippen LogP contribution in [0.1, 0.15) is 44.2 Å². The topological polar surface area (TPSA) is 37.8 Å². The van der Waals surface area contributed by atoms with E-state index in [1.54, 1.807) is 14.2 Å². The Hall–Kier alpha value is -1.33. The van der Waals surface area contributed by atoms with Crippen LogP contribution in [0.3, 0.4) is 0 Å². The third-order valence-corrected chi connectivity index (χ3v) is 6.74. The second-order valence-corrected chi connectivity index (χ2v) is 8.59. The summed E-state index contributed by atoms with van der Waals surface area (Å²) >= 11 is 0. The molecule has 0 amide bonds. The van der Waals surface area contributed by atoms with Crippen molar-refractivity contribution in [1.29, 1.82) is 0 Å². The molecule has 1 atom stereocenters. The van der Waals surface area contributed by atoms with E-state index in [0.717, 1.165) is 29.7 Å². The third kappa shape index (κ3) is 3.70. The highest BCUT2D eigenvalue weighted by molar-refractivity contribution is 5.42. The van der Waals surface area contributed by atoms with Gasteiger partial charge in [-0.15, -0.1) is 0 Å². The summed E-state index contributed by atoms with van der Waals surface area (Å²) in [6.45, 7) is 7.15. The third-order valence-electron chi connectivity index (χ3n) is 6.74. The second kappa shape index (κ2) is 7.73. The Kier molecular flexibility index (Phi) is 5.37. The van der Waals surface area contributed by atoms with Gasteiger partial charge in [0.15, 0.2) is 11.5 Å². The van der Waals surface area contributed by atoms with Crippen molar-refractivity contribution in [3.63, 3.8) is 0 Å². The van der Waals surface area contributed by atoms with Crippen molar-refractivity contribution in [2.45, 2.75) is 45.1 Å². The normalized spacial score (nSPS) is 27.6. The van der Waals surface area contributed by atoms with Gasteiger partial charge in [-0.3, -0.25) is 9.88 Å². The van der Waals surface area contributed by atoms with Crippen LogP contribution < -0.4 is 9.47 Å². The number of likely N-dealkylation sites (tertiary alicyclic amines) is 2. The van der Waals surface area contributed by atoms with Crippen LogP contribution in [0.4, 0.5) is 0 Å². The van der Waals surface area contributed by atoms with Crippen molar-refractivity contribution >= 4 is 0 Å². The molecule has 144 valence electrons. The van der Waals surface area contributed by atoms with Crippen LogP contribution in [0.25, 0.3) is 0 Å². The van der Waals surface area contributed by atoms with Gasteiger partial charge in [0.1, 0.15) is 5.69 Å². The Bertz CT molecular complexity index is 619. The molecule has 4 rings (SSSR count). The average Bonchev–Trinajstić information content (AvgIpc) is 2.99. The molecule has 3 heterocycles. The smallest absolute Gasteiger partial charge is 0.183 e. The molecule has 3 fully saturated rings. The Morgan fingerprint density at radius 1 is 1.08 bits per heavy atom. The van der Waals surface area contributed by atoms with Crippen molar-refractivity contribution in [3.05, 3.63) is 18.0 Å². The summed E-state index contributed by atoms with van der Waals surface area (Å²) in [5, 5.41) is 0. The first-order valence-corrected chi connectivity index (χ1v) is 10.2. The zero-order valence-electron chi connectivity index (χ0n) is 16.4. The molecule has 26 heavy (non-hydrogen) atoms. The second-order valence-electron chi connectivity index (χ2n) is 8.59. The van der Waals surface area contributed by atoms with Crippen molar-refractivity contribution in [2.75, 3.05) is 46.9 Å². The fourth-order valence-electron chi connectivity index (χ4n) is 5.18. The van der Waals surface area contributed by atoms with Crippen molar-refractivity contribution in [1.82, 2.24) is 14.8 Å². The minimum atomic E-state index is 0.494. The predicted octanol–water partition coefficient (Wildman–Crippen LogP) is 3.19. The Morgan fingerprint density at radius 2 is 1.92 bits per heavy atom. The first-order chi connectivity index (χ1) is 12.7. The quantitative estimate of drug-likeness (QED) is 0.780. The van der Waals surface area contributed by atoms with Crippen LogP contribution >= 0.6 is 0 Å². The van der Waals surface area contributed by atoms with Gasteiger partial charge in [0, 0.05) is 38.4 Å². The highest BCUT2D eigenvalue weighted by Gasteiger charge is 2.42. The number of ether oxygens (including phenoxy) is 2. The number of piperidine rings is 1. The lowest BCUT2D eigenvalue weighted by Crippen LogP contribution is -2.47. The number of methoxy groups -OCH3 is 2. The molecule has 0 aromatic carbocycles. The van der Waals surface area contributed by atoms with Gasteiger partial charge in [-0.2, -0.15) is 0 Å². The minimum Gasteiger partial charge on any atom is -0.493 e. The van der Waals surface area contributed by atoms with E-state index in [2.05, 4.69) is 14.8 Å². The Morgan fingerprint density at radius 3 is 2.65 bits per heavy atom. The minimum absolute atomic E-state index is 0.494. The summed E-state index contributed by atoms with van der Waals surface area (Å²) in [6.07, 6.45) is 10.2. The van der Waals surface area contributed by atoms with Crippen LogP contribution in [-0.2, 0) is 6.54 Å². The zero-order valence-corrected chi connectivity index (χ0v) is 16.4. The molecule has 1 spiro atoms. The van der Waals surface area contributed by atoms with Gasteiger partial charge < -0.3 is 14.4 Å². The maximum atomic E-state index is 5.57. The van der Waals surface area contributed by atoms with Gasteiger partial charge in [-0.05, 0) is 56.5 Å². The maximum absolute atomic E-state index is 5.57. The summed E-state index contributed by atoms with van der Waals surface area (Å²) in [5.41, 5.74) is 1.49. The van der Waals surface area contributed by atoms with Crippen LogP contribution in [0.2, 0.25) is 0 Å². The van der Waals surface area contributed by atoms with Crippen LogP contribution in [0.5, 0.6) is 11.5 Å². The number of pyridine rings is 1. The standard InChI is InChI=1S/C21H33N3O2/c1-25-19-7-10-22-18(20(19)26-2)14-24-12-9-21(16-24)8-4-11-23(15-21)13-17-5-3-6-17/h7,10,17H,3-6,8-9,11-16H2,1-2H3/t21-/m1/s1. The average molecular weight is 360 g/mol. The lowest BCUT2D eigenvalue weighted by atomic mass is 9.78. The molecule has 1 aromatic heterocycles. The van der Waals surface area contributed by atoms with E-state index in [1.165, 1.54) is 71.2 Å². The molecule has 0 unspecified atom stereocenters. The van der Waals surface area contributed by atoms with E-state index in [9.17, 15) is 0 Å². The molecule has 2 aliphatic heterocycles. The maximum Gasteiger partial charge on any atom is 0.183 e. The largest absolute Gasteiger partial charge is 0.493 e. The summed E-state index contributed by atoms with van der Waals surface area (Å²) in [6, 6.07) is 1.87. The Balaban J connectivity index is 1.39. The van der Waals surface area contributed by atoms with Gasteiger partial charge in [0.05, 0.1) is 14.2 Å². The summed E-state index contributed by atoms with van der Waals surface area (Å²) in [4.78, 5) is 9.90. The molecule has 5 heteroatoms. The van der Waals surface area contributed by atoms with Crippen LogP contribution in [0.15, 0.2) is 12.3 Å². The van der Waals surface area contributed by atoms with Crippen molar-refractivity contribution < 1.29 is 9.47 Å². The number of aromatic nitrogens is 1. The first kappa shape index (κ1) is 18.1. The fraction of sp³-hybridized carbons (Fsp3) is 0.762. The van der Waals surface area contributed by atoms with Gasteiger partial charge >= 0.3 is 0 Å². The highest BCUT2D eigenvalue weighted by Crippen LogP contribution is 2.41. The molecule has 0 N–H and O–H groups in total. The fourth-order valence-corrected chi connectivity index (χ4v) is 5.18. The molecular formula is C21H33N3O2. The summed E-state index contributed by atoms with van der Waals surface area (Å²) in [5.74, 6) is 2.54. The molecule has 0 bridgehead atoms. The summed E-state index contributed by atoms with van der Waals surface area (Å²) < 4.78 is 11.0. The van der Waals surface area contributed by atoms with Crippen molar-refractivity contribution in [2.24, 2.45) is 11.3 Å². The Labute approximate surface area is 157 Å². The molecule has 2 saturated heterocycles. The van der Waals surface area contributed by atoms with Crippen LogP contribution in [-0.4, -0.2) is 61.7 Å². The van der Waals surface area contributed by atoms with Gasteiger partial charge in [0.25, 0.3) is 0 Å².